The van der Waals surface area contributed by atoms with E-state index in [0.717, 1.165) is 0 Å². The van der Waals surface area contributed by atoms with Gasteiger partial charge in [-0.05, 0) is 6.42 Å². The van der Waals surface area contributed by atoms with Crippen molar-refractivity contribution in [2.24, 2.45) is 0 Å². The fourth-order valence-electron chi connectivity index (χ4n) is 0.804. The SMILES string of the molecule is CCC(F)C(F)(F)C(F)(F)C(F)(F)S(=O)(=O)[O-].[Li+]. The molecule has 1 unspecified atom stereocenters. The molecule has 0 amide bonds. The number of halogens is 7. The molecule has 0 N–H and O–H groups in total. The summed E-state index contributed by atoms with van der Waals surface area (Å²) < 4.78 is 117. The van der Waals surface area contributed by atoms with Gasteiger partial charge in [-0.1, -0.05) is 6.92 Å². The van der Waals surface area contributed by atoms with Crippen molar-refractivity contribution in [3.8, 4) is 0 Å². The van der Waals surface area contributed by atoms with E-state index in [1.165, 1.54) is 0 Å². The Bertz CT molecular complexity index is 383. The summed E-state index contributed by atoms with van der Waals surface area (Å²) in [5.74, 6) is -12.6. The average molecular weight is 298 g/mol. The second kappa shape index (κ2) is 5.56. The van der Waals surface area contributed by atoms with E-state index in [1.54, 1.807) is 0 Å². The zero-order valence-electron chi connectivity index (χ0n) is 9.06. The minimum absolute atomic E-state index is 0. The largest absolute Gasteiger partial charge is 1.00 e. The Morgan fingerprint density at radius 2 is 1.44 bits per heavy atom. The van der Waals surface area contributed by atoms with Gasteiger partial charge in [0.2, 0.25) is 0 Å². The quantitative estimate of drug-likeness (QED) is 0.377. The van der Waals surface area contributed by atoms with Crippen LogP contribution in [0.4, 0.5) is 30.7 Å². The van der Waals surface area contributed by atoms with Crippen molar-refractivity contribution < 1.29 is 62.6 Å². The first kappa shape index (κ1) is 20.3. The van der Waals surface area contributed by atoms with Crippen LogP contribution in [-0.2, 0) is 10.1 Å². The maximum absolute atomic E-state index is 12.6. The Balaban J connectivity index is 0. The van der Waals surface area contributed by atoms with E-state index in [1.807, 2.05) is 0 Å². The Morgan fingerprint density at radius 3 is 1.67 bits per heavy atom. The monoisotopic (exact) mass is 298 g/mol. The van der Waals surface area contributed by atoms with E-state index in [9.17, 15) is 43.7 Å². The van der Waals surface area contributed by atoms with E-state index in [0.29, 0.717) is 6.92 Å². The Kier molecular flexibility index (Phi) is 6.28. The summed E-state index contributed by atoms with van der Waals surface area (Å²) in [6.07, 6.45) is -4.98. The molecule has 0 aromatic heterocycles. The molecule has 0 aliphatic heterocycles. The van der Waals surface area contributed by atoms with Crippen LogP contribution in [-0.4, -0.2) is 36.2 Å². The van der Waals surface area contributed by atoms with Crippen molar-refractivity contribution in [3.05, 3.63) is 0 Å². The van der Waals surface area contributed by atoms with Crippen LogP contribution in [0.15, 0.2) is 0 Å². The van der Waals surface area contributed by atoms with Gasteiger partial charge >= 0.3 is 36.0 Å². The fourth-order valence-corrected chi connectivity index (χ4v) is 1.25. The summed E-state index contributed by atoms with van der Waals surface area (Å²) in [6.45, 7) is 0.651. The van der Waals surface area contributed by atoms with Gasteiger partial charge in [0, 0.05) is 0 Å². The van der Waals surface area contributed by atoms with Crippen molar-refractivity contribution in [1.29, 1.82) is 0 Å². The van der Waals surface area contributed by atoms with Crippen LogP contribution in [0.3, 0.4) is 0 Å². The predicted molar refractivity (Wildman–Crippen MR) is 39.7 cm³/mol. The third kappa shape index (κ3) is 2.95. The third-order valence-corrected chi connectivity index (χ3v) is 2.73. The molecule has 18 heavy (non-hydrogen) atoms. The van der Waals surface area contributed by atoms with Crippen LogP contribution >= 0.6 is 0 Å². The molecule has 12 heteroatoms. The summed E-state index contributed by atoms with van der Waals surface area (Å²) in [5, 5.41) is -6.61. The van der Waals surface area contributed by atoms with Crippen molar-refractivity contribution in [2.75, 3.05) is 0 Å². The molecular weight excluding hydrogens is 292 g/mol. The van der Waals surface area contributed by atoms with Crippen molar-refractivity contribution in [3.63, 3.8) is 0 Å². The summed E-state index contributed by atoms with van der Waals surface area (Å²) in [5.41, 5.74) is 0. The van der Waals surface area contributed by atoms with Crippen LogP contribution in [0.5, 0.6) is 0 Å². The van der Waals surface area contributed by atoms with Gasteiger partial charge in [0.25, 0.3) is 0 Å². The number of hydrogen-bond acceptors (Lipinski definition) is 3. The normalized spacial score (nSPS) is 16.1. The molecule has 0 fully saturated rings. The molecule has 0 saturated carbocycles. The summed E-state index contributed by atoms with van der Waals surface area (Å²) in [6, 6.07) is 0. The van der Waals surface area contributed by atoms with Crippen LogP contribution in [0, 0.1) is 0 Å². The van der Waals surface area contributed by atoms with Crippen LogP contribution in [0.2, 0.25) is 0 Å². The molecule has 0 spiro atoms. The predicted octanol–water partition coefficient (Wildman–Crippen LogP) is -0.853. The zero-order chi connectivity index (χ0) is 14.3. The van der Waals surface area contributed by atoms with E-state index < -0.39 is 39.8 Å². The van der Waals surface area contributed by atoms with Crippen molar-refractivity contribution >= 4 is 10.1 Å². The first-order valence-electron chi connectivity index (χ1n) is 3.96. The van der Waals surface area contributed by atoms with Crippen molar-refractivity contribution in [1.82, 2.24) is 0 Å². The van der Waals surface area contributed by atoms with Gasteiger partial charge in [-0.3, -0.25) is 0 Å². The molecule has 0 aliphatic rings. The smallest absolute Gasteiger partial charge is 0.743 e. The van der Waals surface area contributed by atoms with E-state index in [4.69, 9.17) is 0 Å². The molecule has 0 aromatic carbocycles. The first-order chi connectivity index (χ1) is 7.23. The topological polar surface area (TPSA) is 57.2 Å². The van der Waals surface area contributed by atoms with Crippen LogP contribution in [0.1, 0.15) is 13.3 Å². The minimum atomic E-state index is -7.06. The van der Waals surface area contributed by atoms with Gasteiger partial charge in [0.15, 0.2) is 16.3 Å². The summed E-state index contributed by atoms with van der Waals surface area (Å²) in [4.78, 5) is 0. The Labute approximate surface area is 110 Å². The van der Waals surface area contributed by atoms with Gasteiger partial charge in [-0.15, -0.1) is 0 Å². The third-order valence-electron chi connectivity index (χ3n) is 1.85. The molecule has 1 atom stereocenters. The summed E-state index contributed by atoms with van der Waals surface area (Å²) in [7, 11) is -7.06. The van der Waals surface area contributed by atoms with Gasteiger partial charge in [0.05, 0.1) is 0 Å². The van der Waals surface area contributed by atoms with E-state index in [2.05, 4.69) is 0 Å². The fraction of sp³-hybridized carbons (Fsp3) is 1.00. The number of rotatable bonds is 5. The molecule has 104 valence electrons. The maximum Gasteiger partial charge on any atom is 1.00 e. The second-order valence-electron chi connectivity index (χ2n) is 3.04. The van der Waals surface area contributed by atoms with Crippen molar-refractivity contribution in [2.45, 2.75) is 36.6 Å². The van der Waals surface area contributed by atoms with Crippen LogP contribution in [0.25, 0.3) is 0 Å². The van der Waals surface area contributed by atoms with E-state index >= 15 is 0 Å². The molecular formula is C6H6F7LiO3S. The average Bonchev–Trinajstić information content (AvgIpc) is 2.13. The number of hydrogen-bond donors (Lipinski definition) is 0. The first-order valence-corrected chi connectivity index (χ1v) is 5.37. The van der Waals surface area contributed by atoms with Gasteiger partial charge in [-0.2, -0.15) is 26.3 Å². The summed E-state index contributed by atoms with van der Waals surface area (Å²) >= 11 is 0. The molecule has 0 saturated heterocycles. The zero-order valence-corrected chi connectivity index (χ0v) is 9.88. The molecule has 0 rings (SSSR count). The number of alkyl halides is 7. The molecule has 0 heterocycles. The van der Waals surface area contributed by atoms with E-state index in [-0.39, 0.29) is 18.9 Å². The molecule has 0 bridgehead atoms. The van der Waals surface area contributed by atoms with Crippen LogP contribution < -0.4 is 18.9 Å². The second-order valence-corrected chi connectivity index (χ2v) is 4.47. The Morgan fingerprint density at radius 1 is 1.11 bits per heavy atom. The van der Waals surface area contributed by atoms with Gasteiger partial charge in [-0.25, -0.2) is 12.8 Å². The molecule has 0 radical (unpaired) electrons. The Hall–Kier alpha value is 0.0174. The minimum Gasteiger partial charge on any atom is -0.743 e. The maximum atomic E-state index is 12.6. The van der Waals surface area contributed by atoms with Gasteiger partial charge in [0.1, 0.15) is 0 Å². The standard InChI is InChI=1S/C6H7F7O3S.Li/c1-2-3(7)4(8,9)5(10,11)6(12,13)17(14,15)16;/h3H,2H2,1H3,(H,14,15,16);/q;+1/p-1. The van der Waals surface area contributed by atoms with Gasteiger partial charge < -0.3 is 4.55 Å². The molecule has 3 nitrogen and oxygen atoms in total. The molecule has 0 aromatic rings. The molecule has 0 aliphatic carbocycles.